The highest BCUT2D eigenvalue weighted by Gasteiger charge is 2.37. The molecule has 33 heavy (non-hydrogen) atoms. The fraction of sp³-hybridized carbons (Fsp3) is 0.292. The number of carbonyl (C=O) groups is 3. The Hall–Kier alpha value is -3.46. The lowest BCUT2D eigenvalue weighted by Gasteiger charge is -2.31. The van der Waals surface area contributed by atoms with Gasteiger partial charge < -0.3 is 15.1 Å². The van der Waals surface area contributed by atoms with Crippen molar-refractivity contribution in [3.63, 3.8) is 0 Å². The topological polar surface area (TPSA) is 91.7 Å². The number of hydrogen-bond acceptors (Lipinski definition) is 5. The summed E-state index contributed by atoms with van der Waals surface area (Å²) in [7, 11) is 0. The number of rotatable bonds is 8. The third-order valence-electron chi connectivity index (χ3n) is 5.55. The Labute approximate surface area is 194 Å². The lowest BCUT2D eigenvalue weighted by molar-refractivity contribution is -0.127. The number of thiophene rings is 1. The third-order valence-corrected chi connectivity index (χ3v) is 6.42. The van der Waals surface area contributed by atoms with Gasteiger partial charge in [0.25, 0.3) is 11.8 Å². The first-order valence-electron chi connectivity index (χ1n) is 10.8. The van der Waals surface area contributed by atoms with Crippen molar-refractivity contribution in [2.24, 2.45) is 0 Å². The van der Waals surface area contributed by atoms with Crippen LogP contribution in [0, 0.1) is 5.82 Å². The minimum absolute atomic E-state index is 0.00827. The molecular formula is C24H24FN3O4S. The zero-order valence-corrected chi connectivity index (χ0v) is 18.6. The second-order valence-corrected chi connectivity index (χ2v) is 8.73. The van der Waals surface area contributed by atoms with Crippen LogP contribution in [0.4, 0.5) is 10.1 Å². The zero-order valence-electron chi connectivity index (χ0n) is 17.8. The highest BCUT2D eigenvalue weighted by molar-refractivity contribution is 7.12. The van der Waals surface area contributed by atoms with Gasteiger partial charge in [-0.2, -0.15) is 0 Å². The highest BCUT2D eigenvalue weighted by Crippen LogP contribution is 2.31. The molecular weight excluding hydrogens is 445 g/mol. The molecule has 7 nitrogen and oxygen atoms in total. The molecule has 1 aliphatic carbocycles. The van der Waals surface area contributed by atoms with Crippen LogP contribution >= 0.6 is 11.3 Å². The van der Waals surface area contributed by atoms with E-state index in [2.05, 4.69) is 10.6 Å². The predicted octanol–water partition coefficient (Wildman–Crippen LogP) is 4.04. The molecule has 0 spiro atoms. The first-order chi connectivity index (χ1) is 16.0. The second kappa shape index (κ2) is 10.4. The van der Waals surface area contributed by atoms with Gasteiger partial charge >= 0.3 is 0 Å². The van der Waals surface area contributed by atoms with Crippen LogP contribution in [0.1, 0.15) is 47.2 Å². The van der Waals surface area contributed by atoms with Crippen molar-refractivity contribution in [1.82, 2.24) is 10.6 Å². The van der Waals surface area contributed by atoms with Gasteiger partial charge in [0.2, 0.25) is 5.91 Å². The van der Waals surface area contributed by atoms with E-state index in [9.17, 15) is 18.8 Å². The molecule has 2 aromatic heterocycles. The molecule has 0 unspecified atom stereocenters. The molecule has 1 atom stereocenters. The summed E-state index contributed by atoms with van der Waals surface area (Å²) >= 11 is 1.24. The number of amides is 3. The van der Waals surface area contributed by atoms with Crippen molar-refractivity contribution in [2.45, 2.75) is 37.8 Å². The fourth-order valence-corrected chi connectivity index (χ4v) is 4.61. The van der Waals surface area contributed by atoms with Gasteiger partial charge in [0.1, 0.15) is 11.6 Å². The van der Waals surface area contributed by atoms with E-state index in [-0.39, 0.29) is 17.5 Å². The number of nitrogens with one attached hydrogen (secondary N) is 2. The van der Waals surface area contributed by atoms with Crippen molar-refractivity contribution in [1.29, 1.82) is 0 Å². The fourth-order valence-electron chi connectivity index (χ4n) is 3.97. The molecule has 3 amide bonds. The number of halogens is 1. The van der Waals surface area contributed by atoms with Crippen LogP contribution in [0.15, 0.2) is 64.6 Å². The Morgan fingerprint density at radius 2 is 1.88 bits per heavy atom. The van der Waals surface area contributed by atoms with Crippen LogP contribution in [-0.2, 0) is 9.59 Å². The van der Waals surface area contributed by atoms with Gasteiger partial charge in [-0.1, -0.05) is 31.0 Å². The molecule has 172 valence electrons. The Morgan fingerprint density at radius 1 is 1.09 bits per heavy atom. The van der Waals surface area contributed by atoms with Crippen LogP contribution in [0.3, 0.4) is 0 Å². The molecule has 0 bridgehead atoms. The summed E-state index contributed by atoms with van der Waals surface area (Å²) in [6, 6.07) is 11.0. The summed E-state index contributed by atoms with van der Waals surface area (Å²) in [6.07, 6.45) is 5.12. The van der Waals surface area contributed by atoms with Crippen LogP contribution in [0.5, 0.6) is 0 Å². The van der Waals surface area contributed by atoms with Gasteiger partial charge in [-0.3, -0.25) is 19.3 Å². The minimum atomic E-state index is -1.23. The molecule has 1 saturated carbocycles. The number of anilines is 1. The van der Waals surface area contributed by atoms with Gasteiger partial charge in [0.05, 0.1) is 23.4 Å². The quantitative estimate of drug-likeness (QED) is 0.521. The van der Waals surface area contributed by atoms with Crippen molar-refractivity contribution in [2.75, 3.05) is 11.4 Å². The Balaban J connectivity index is 1.65. The summed E-state index contributed by atoms with van der Waals surface area (Å²) in [4.78, 5) is 40.6. The molecule has 0 radical (unpaired) electrons. The van der Waals surface area contributed by atoms with Crippen molar-refractivity contribution in [3.05, 3.63) is 76.6 Å². The standard InChI is InChI=1S/C24H24FN3O4S/c25-17-9-3-4-10-18(17)28(21(29)15-26-23(30)20-12-6-14-33-20)22(19-11-5-13-32-19)24(31)27-16-7-1-2-8-16/h3-6,9-14,16,22H,1-2,7-8,15H2,(H,26,30)(H,27,31)/t22-/m0/s1. The van der Waals surface area contributed by atoms with Crippen molar-refractivity contribution < 1.29 is 23.2 Å². The molecule has 9 heteroatoms. The Morgan fingerprint density at radius 3 is 2.55 bits per heavy atom. The van der Waals surface area contributed by atoms with Crippen LogP contribution in [-0.4, -0.2) is 30.3 Å². The number of benzene rings is 1. The van der Waals surface area contributed by atoms with E-state index in [0.717, 1.165) is 30.6 Å². The molecule has 2 heterocycles. The smallest absolute Gasteiger partial charge is 0.261 e. The third kappa shape index (κ3) is 5.31. The highest BCUT2D eigenvalue weighted by atomic mass is 32.1. The number of nitrogens with zero attached hydrogens (tertiary/aromatic N) is 1. The van der Waals surface area contributed by atoms with Gasteiger partial charge in [0.15, 0.2) is 6.04 Å². The number of carbonyl (C=O) groups excluding carboxylic acids is 3. The maximum Gasteiger partial charge on any atom is 0.261 e. The maximum atomic E-state index is 14.9. The average Bonchev–Trinajstić information content (AvgIpc) is 3.59. The largest absolute Gasteiger partial charge is 0.467 e. The molecule has 0 saturated heterocycles. The van der Waals surface area contributed by atoms with E-state index in [1.165, 1.54) is 35.8 Å². The first kappa shape index (κ1) is 22.7. The summed E-state index contributed by atoms with van der Waals surface area (Å²) in [6.45, 7) is -0.418. The summed E-state index contributed by atoms with van der Waals surface area (Å²) in [5.41, 5.74) is -0.0733. The lowest BCUT2D eigenvalue weighted by Crippen LogP contribution is -2.49. The Bertz CT molecular complexity index is 1090. The number of hydrogen-bond donors (Lipinski definition) is 2. The molecule has 1 aromatic carbocycles. The van der Waals surface area contributed by atoms with E-state index < -0.39 is 36.1 Å². The van der Waals surface area contributed by atoms with E-state index in [1.54, 1.807) is 35.7 Å². The molecule has 1 aliphatic rings. The van der Waals surface area contributed by atoms with Crippen molar-refractivity contribution in [3.8, 4) is 0 Å². The van der Waals surface area contributed by atoms with Crippen molar-refractivity contribution >= 4 is 34.7 Å². The van der Waals surface area contributed by atoms with Crippen LogP contribution < -0.4 is 15.5 Å². The van der Waals surface area contributed by atoms with Crippen LogP contribution in [0.25, 0.3) is 0 Å². The SMILES string of the molecule is O=C(NCC(=O)N(c1ccccc1F)[C@H](C(=O)NC1CCCC1)c1ccco1)c1cccs1. The van der Waals surface area contributed by atoms with Gasteiger partial charge in [-0.25, -0.2) is 4.39 Å². The van der Waals surface area contributed by atoms with E-state index in [4.69, 9.17) is 4.42 Å². The zero-order chi connectivity index (χ0) is 23.2. The minimum Gasteiger partial charge on any atom is -0.467 e. The van der Waals surface area contributed by atoms with Crippen LogP contribution in [0.2, 0.25) is 0 Å². The maximum absolute atomic E-state index is 14.9. The summed E-state index contributed by atoms with van der Waals surface area (Å²) < 4.78 is 20.3. The number of furan rings is 1. The van der Waals surface area contributed by atoms with E-state index in [0.29, 0.717) is 4.88 Å². The predicted molar refractivity (Wildman–Crippen MR) is 122 cm³/mol. The lowest BCUT2D eigenvalue weighted by atomic mass is 10.1. The molecule has 0 aliphatic heterocycles. The molecule has 1 fully saturated rings. The average molecular weight is 470 g/mol. The molecule has 2 N–H and O–H groups in total. The van der Waals surface area contributed by atoms with E-state index in [1.807, 2.05) is 0 Å². The summed E-state index contributed by atoms with van der Waals surface area (Å²) in [5, 5.41) is 7.29. The summed E-state index contributed by atoms with van der Waals surface area (Å²) in [5.74, 6) is -1.99. The second-order valence-electron chi connectivity index (χ2n) is 7.78. The Kier molecular flexibility index (Phi) is 7.19. The normalized spacial score (nSPS) is 14.6. The first-order valence-corrected chi connectivity index (χ1v) is 11.6. The monoisotopic (exact) mass is 469 g/mol. The molecule has 3 aromatic rings. The van der Waals surface area contributed by atoms with E-state index >= 15 is 0 Å². The number of para-hydroxylation sites is 1. The van der Waals surface area contributed by atoms with Gasteiger partial charge in [0, 0.05) is 6.04 Å². The van der Waals surface area contributed by atoms with Gasteiger partial charge in [-0.05, 0) is 48.6 Å². The molecule has 4 rings (SSSR count). The van der Waals surface area contributed by atoms with Gasteiger partial charge in [-0.15, -0.1) is 11.3 Å².